The SMILES string of the molecule is COc1cc(CNCCCc2ncc[nH]2)cc(Cl)c1OC. The van der Waals surface area contributed by atoms with Gasteiger partial charge in [0.25, 0.3) is 0 Å². The fraction of sp³-hybridized carbons (Fsp3) is 0.400. The van der Waals surface area contributed by atoms with Crippen molar-refractivity contribution in [3.05, 3.63) is 40.9 Å². The Bertz CT molecular complexity index is 558. The van der Waals surface area contributed by atoms with Crippen LogP contribution in [0, 0.1) is 0 Å². The highest BCUT2D eigenvalue weighted by atomic mass is 35.5. The minimum atomic E-state index is 0.559. The molecule has 114 valence electrons. The second-order valence-corrected chi connectivity index (χ2v) is 5.04. The largest absolute Gasteiger partial charge is 0.493 e. The van der Waals surface area contributed by atoms with Crippen LogP contribution in [0.2, 0.25) is 5.02 Å². The molecule has 0 spiro atoms. The van der Waals surface area contributed by atoms with Crippen LogP contribution in [0.15, 0.2) is 24.5 Å². The first-order valence-corrected chi connectivity index (χ1v) is 7.21. The Morgan fingerprint density at radius 2 is 2.14 bits per heavy atom. The molecule has 1 aromatic carbocycles. The number of nitrogens with one attached hydrogen (secondary N) is 2. The average Bonchev–Trinajstić information content (AvgIpc) is 2.99. The molecule has 0 bridgehead atoms. The zero-order chi connectivity index (χ0) is 15.1. The van der Waals surface area contributed by atoms with Crippen LogP contribution in [-0.2, 0) is 13.0 Å². The molecule has 5 nitrogen and oxygen atoms in total. The molecule has 0 saturated carbocycles. The number of hydrogen-bond acceptors (Lipinski definition) is 4. The maximum absolute atomic E-state index is 6.18. The summed E-state index contributed by atoms with van der Waals surface area (Å²) in [5.41, 5.74) is 1.07. The second kappa shape index (κ2) is 7.90. The van der Waals surface area contributed by atoms with Crippen LogP contribution in [0.4, 0.5) is 0 Å². The van der Waals surface area contributed by atoms with Crippen molar-refractivity contribution >= 4 is 11.6 Å². The van der Waals surface area contributed by atoms with Gasteiger partial charge in [0.15, 0.2) is 11.5 Å². The molecule has 21 heavy (non-hydrogen) atoms. The van der Waals surface area contributed by atoms with E-state index in [0.29, 0.717) is 16.5 Å². The molecule has 1 aromatic heterocycles. The molecule has 0 amide bonds. The molecule has 2 N–H and O–H groups in total. The second-order valence-electron chi connectivity index (χ2n) is 4.63. The van der Waals surface area contributed by atoms with E-state index in [9.17, 15) is 0 Å². The van der Waals surface area contributed by atoms with Crippen molar-refractivity contribution < 1.29 is 9.47 Å². The van der Waals surface area contributed by atoms with Crippen molar-refractivity contribution in [2.45, 2.75) is 19.4 Å². The molecule has 0 aliphatic rings. The summed E-state index contributed by atoms with van der Waals surface area (Å²) in [6, 6.07) is 3.83. The summed E-state index contributed by atoms with van der Waals surface area (Å²) in [4.78, 5) is 7.29. The topological polar surface area (TPSA) is 59.2 Å². The van der Waals surface area contributed by atoms with E-state index in [0.717, 1.165) is 37.3 Å². The third-order valence-corrected chi connectivity index (χ3v) is 3.43. The minimum Gasteiger partial charge on any atom is -0.493 e. The van der Waals surface area contributed by atoms with E-state index >= 15 is 0 Å². The number of H-pyrrole nitrogens is 1. The summed E-state index contributed by atoms with van der Waals surface area (Å²) in [6.07, 6.45) is 5.57. The summed E-state index contributed by atoms with van der Waals surface area (Å²) < 4.78 is 10.5. The lowest BCUT2D eigenvalue weighted by Crippen LogP contribution is -2.15. The van der Waals surface area contributed by atoms with Gasteiger partial charge in [-0.3, -0.25) is 0 Å². The number of hydrogen-bond donors (Lipinski definition) is 2. The third-order valence-electron chi connectivity index (χ3n) is 3.14. The lowest BCUT2D eigenvalue weighted by molar-refractivity contribution is 0.354. The van der Waals surface area contributed by atoms with Gasteiger partial charge in [0, 0.05) is 25.4 Å². The smallest absolute Gasteiger partial charge is 0.179 e. The van der Waals surface area contributed by atoms with E-state index in [-0.39, 0.29) is 0 Å². The highest BCUT2D eigenvalue weighted by Gasteiger charge is 2.10. The van der Waals surface area contributed by atoms with Crippen molar-refractivity contribution in [3.8, 4) is 11.5 Å². The Kier molecular flexibility index (Phi) is 5.90. The fourth-order valence-electron chi connectivity index (χ4n) is 2.12. The number of aryl methyl sites for hydroxylation is 1. The van der Waals surface area contributed by atoms with Gasteiger partial charge >= 0.3 is 0 Å². The van der Waals surface area contributed by atoms with E-state index in [4.69, 9.17) is 21.1 Å². The first-order chi connectivity index (χ1) is 10.2. The van der Waals surface area contributed by atoms with Gasteiger partial charge in [-0.1, -0.05) is 11.6 Å². The summed E-state index contributed by atoms with van der Waals surface area (Å²) in [5, 5.41) is 3.94. The molecular weight excluding hydrogens is 290 g/mol. The first kappa shape index (κ1) is 15.7. The van der Waals surface area contributed by atoms with E-state index in [2.05, 4.69) is 15.3 Å². The van der Waals surface area contributed by atoms with Gasteiger partial charge in [0.2, 0.25) is 0 Å². The molecule has 0 radical (unpaired) electrons. The van der Waals surface area contributed by atoms with Gasteiger partial charge in [-0.05, 0) is 30.7 Å². The third kappa shape index (κ3) is 4.37. The molecular formula is C15H20ClN3O2. The number of benzene rings is 1. The van der Waals surface area contributed by atoms with Gasteiger partial charge in [0.05, 0.1) is 19.2 Å². The van der Waals surface area contributed by atoms with Gasteiger partial charge < -0.3 is 19.8 Å². The molecule has 6 heteroatoms. The molecule has 0 atom stereocenters. The van der Waals surface area contributed by atoms with Crippen molar-refractivity contribution in [2.24, 2.45) is 0 Å². The van der Waals surface area contributed by atoms with E-state index in [1.807, 2.05) is 18.3 Å². The van der Waals surface area contributed by atoms with E-state index in [1.54, 1.807) is 20.4 Å². The van der Waals surface area contributed by atoms with Crippen LogP contribution in [-0.4, -0.2) is 30.7 Å². The lowest BCUT2D eigenvalue weighted by Gasteiger charge is -2.12. The Balaban J connectivity index is 1.81. The normalized spacial score (nSPS) is 10.6. The quantitative estimate of drug-likeness (QED) is 0.736. The van der Waals surface area contributed by atoms with Gasteiger partial charge in [0.1, 0.15) is 5.82 Å². The van der Waals surface area contributed by atoms with Crippen LogP contribution in [0.5, 0.6) is 11.5 Å². The fourth-order valence-corrected chi connectivity index (χ4v) is 2.43. The number of aromatic amines is 1. The van der Waals surface area contributed by atoms with E-state index < -0.39 is 0 Å². The van der Waals surface area contributed by atoms with Crippen LogP contribution in [0.1, 0.15) is 17.8 Å². The molecule has 0 aliphatic carbocycles. The maximum atomic E-state index is 6.18. The molecule has 2 aromatic rings. The highest BCUT2D eigenvalue weighted by Crippen LogP contribution is 2.35. The number of nitrogens with zero attached hydrogens (tertiary/aromatic N) is 1. The van der Waals surface area contributed by atoms with E-state index in [1.165, 1.54) is 0 Å². The summed E-state index contributed by atoms with van der Waals surface area (Å²) in [6.45, 7) is 1.64. The lowest BCUT2D eigenvalue weighted by atomic mass is 10.2. The first-order valence-electron chi connectivity index (χ1n) is 6.84. The van der Waals surface area contributed by atoms with Crippen LogP contribution in [0.3, 0.4) is 0 Å². The number of methoxy groups -OCH3 is 2. The number of rotatable bonds is 8. The van der Waals surface area contributed by atoms with Gasteiger partial charge in [-0.2, -0.15) is 0 Å². The van der Waals surface area contributed by atoms with Crippen molar-refractivity contribution in [1.29, 1.82) is 0 Å². The van der Waals surface area contributed by atoms with Crippen molar-refractivity contribution in [2.75, 3.05) is 20.8 Å². The zero-order valence-electron chi connectivity index (χ0n) is 12.3. The zero-order valence-corrected chi connectivity index (χ0v) is 13.0. The monoisotopic (exact) mass is 309 g/mol. The van der Waals surface area contributed by atoms with Gasteiger partial charge in [-0.25, -0.2) is 4.98 Å². The minimum absolute atomic E-state index is 0.559. The van der Waals surface area contributed by atoms with Crippen LogP contribution < -0.4 is 14.8 Å². The van der Waals surface area contributed by atoms with Crippen LogP contribution >= 0.6 is 11.6 Å². The molecule has 1 heterocycles. The number of ether oxygens (including phenoxy) is 2. The maximum Gasteiger partial charge on any atom is 0.179 e. The Labute approximate surface area is 129 Å². The predicted molar refractivity (Wildman–Crippen MR) is 83.2 cm³/mol. The average molecular weight is 310 g/mol. The van der Waals surface area contributed by atoms with Crippen molar-refractivity contribution in [1.82, 2.24) is 15.3 Å². The van der Waals surface area contributed by atoms with Gasteiger partial charge in [-0.15, -0.1) is 0 Å². The number of aromatic nitrogens is 2. The number of imidazole rings is 1. The Morgan fingerprint density at radius 1 is 1.29 bits per heavy atom. The summed E-state index contributed by atoms with van der Waals surface area (Å²) >= 11 is 6.18. The molecule has 2 rings (SSSR count). The molecule has 0 saturated heterocycles. The Morgan fingerprint density at radius 3 is 2.81 bits per heavy atom. The van der Waals surface area contributed by atoms with Crippen molar-refractivity contribution in [3.63, 3.8) is 0 Å². The van der Waals surface area contributed by atoms with Crippen LogP contribution in [0.25, 0.3) is 0 Å². The standard InChI is InChI=1S/C15H20ClN3O2/c1-20-13-9-11(8-12(16)15(13)21-2)10-17-5-3-4-14-18-6-7-19-14/h6-9,17H,3-5,10H2,1-2H3,(H,18,19). The highest BCUT2D eigenvalue weighted by molar-refractivity contribution is 6.32. The molecule has 0 unspecified atom stereocenters. The Hall–Kier alpha value is -1.72. The summed E-state index contributed by atoms with van der Waals surface area (Å²) in [5.74, 6) is 2.24. The summed E-state index contributed by atoms with van der Waals surface area (Å²) in [7, 11) is 3.19. The predicted octanol–water partition coefficient (Wildman–Crippen LogP) is 2.80. The molecule has 0 aliphatic heterocycles. The number of halogens is 1. The molecule has 0 fully saturated rings.